The van der Waals surface area contributed by atoms with Crippen molar-refractivity contribution in [2.45, 2.75) is 6.42 Å². The van der Waals surface area contributed by atoms with Gasteiger partial charge in [0.1, 0.15) is 5.56 Å². The molecule has 0 atom stereocenters. The molecule has 0 aliphatic heterocycles. The van der Waals surface area contributed by atoms with Crippen molar-refractivity contribution in [1.82, 2.24) is 15.6 Å². The van der Waals surface area contributed by atoms with Gasteiger partial charge in [0.15, 0.2) is 0 Å². The molecule has 0 fully saturated rings. The van der Waals surface area contributed by atoms with Crippen LogP contribution in [0, 0.1) is 10.1 Å². The Kier molecular flexibility index (Phi) is 6.88. The predicted molar refractivity (Wildman–Crippen MR) is 130 cm³/mol. The van der Waals surface area contributed by atoms with Crippen LogP contribution in [0.5, 0.6) is 0 Å². The number of fused-ring (bicyclic) bond motifs is 1. The molecule has 3 aromatic carbocycles. The molecule has 0 aliphatic rings. The molecule has 0 aliphatic carbocycles. The van der Waals surface area contributed by atoms with Crippen LogP contribution in [-0.2, 0) is 0 Å². The van der Waals surface area contributed by atoms with E-state index in [0.29, 0.717) is 24.2 Å². The number of carbonyl (C=O) groups excluding carboxylic acids is 2. The summed E-state index contributed by atoms with van der Waals surface area (Å²) < 4.78 is 0. The predicted octanol–water partition coefficient (Wildman–Crippen LogP) is 4.36. The Morgan fingerprint density at radius 1 is 0.794 bits per heavy atom. The number of para-hydroxylation sites is 2. The lowest BCUT2D eigenvalue weighted by Crippen LogP contribution is -2.30. The number of hydrogen-bond acceptors (Lipinski definition) is 5. The molecule has 4 aromatic rings. The lowest BCUT2D eigenvalue weighted by Gasteiger charge is -2.11. The van der Waals surface area contributed by atoms with Crippen molar-refractivity contribution in [3.8, 4) is 11.3 Å². The van der Waals surface area contributed by atoms with E-state index in [4.69, 9.17) is 4.98 Å². The van der Waals surface area contributed by atoms with Crippen LogP contribution in [0.4, 0.5) is 5.69 Å². The van der Waals surface area contributed by atoms with Gasteiger partial charge in [-0.25, -0.2) is 4.98 Å². The fraction of sp³-hybridized carbons (Fsp3) is 0.115. The minimum Gasteiger partial charge on any atom is -0.352 e. The van der Waals surface area contributed by atoms with E-state index >= 15 is 0 Å². The first-order valence-electron chi connectivity index (χ1n) is 10.8. The third-order valence-corrected chi connectivity index (χ3v) is 5.30. The maximum absolute atomic E-state index is 13.0. The maximum atomic E-state index is 13.0. The molecule has 2 N–H and O–H groups in total. The van der Waals surface area contributed by atoms with E-state index in [1.165, 1.54) is 18.2 Å². The summed E-state index contributed by atoms with van der Waals surface area (Å²) in [6.45, 7) is 0.588. The first kappa shape index (κ1) is 22.6. The van der Waals surface area contributed by atoms with Crippen molar-refractivity contribution >= 4 is 28.4 Å². The molecule has 34 heavy (non-hydrogen) atoms. The van der Waals surface area contributed by atoms with Gasteiger partial charge in [-0.05, 0) is 24.6 Å². The summed E-state index contributed by atoms with van der Waals surface area (Å²) in [6, 6.07) is 24.7. The Hall–Kier alpha value is -4.59. The van der Waals surface area contributed by atoms with E-state index < -0.39 is 10.8 Å². The molecule has 8 heteroatoms. The van der Waals surface area contributed by atoms with Gasteiger partial charge in [0, 0.05) is 30.1 Å². The second-order valence-corrected chi connectivity index (χ2v) is 7.58. The molecule has 2 amide bonds. The summed E-state index contributed by atoms with van der Waals surface area (Å²) >= 11 is 0. The number of pyridine rings is 1. The average Bonchev–Trinajstić information content (AvgIpc) is 2.88. The van der Waals surface area contributed by atoms with Crippen molar-refractivity contribution in [2.24, 2.45) is 0 Å². The molecule has 0 saturated heterocycles. The van der Waals surface area contributed by atoms with Gasteiger partial charge in [-0.3, -0.25) is 19.7 Å². The van der Waals surface area contributed by atoms with Crippen molar-refractivity contribution in [3.63, 3.8) is 0 Å². The monoisotopic (exact) mass is 454 g/mol. The van der Waals surface area contributed by atoms with Crippen LogP contribution < -0.4 is 10.6 Å². The van der Waals surface area contributed by atoms with Gasteiger partial charge in [0.2, 0.25) is 0 Å². The van der Waals surface area contributed by atoms with Crippen LogP contribution in [0.15, 0.2) is 84.9 Å². The first-order valence-corrected chi connectivity index (χ1v) is 10.8. The van der Waals surface area contributed by atoms with Gasteiger partial charge >= 0.3 is 0 Å². The third-order valence-electron chi connectivity index (χ3n) is 5.30. The number of nitrogens with zero attached hydrogens (tertiary/aromatic N) is 2. The third kappa shape index (κ3) is 5.07. The van der Waals surface area contributed by atoms with E-state index in [1.807, 2.05) is 54.6 Å². The van der Waals surface area contributed by atoms with Crippen molar-refractivity contribution in [2.75, 3.05) is 13.1 Å². The molecular formula is C26H22N4O4. The number of nitrogens with one attached hydrogen (secondary N) is 2. The second-order valence-electron chi connectivity index (χ2n) is 7.58. The summed E-state index contributed by atoms with van der Waals surface area (Å²) in [7, 11) is 0. The Balaban J connectivity index is 1.39. The van der Waals surface area contributed by atoms with Crippen LogP contribution in [0.1, 0.15) is 27.1 Å². The van der Waals surface area contributed by atoms with E-state index in [2.05, 4.69) is 10.6 Å². The van der Waals surface area contributed by atoms with Gasteiger partial charge in [-0.1, -0.05) is 60.7 Å². The highest BCUT2D eigenvalue weighted by atomic mass is 16.6. The Morgan fingerprint density at radius 3 is 2.15 bits per heavy atom. The van der Waals surface area contributed by atoms with Crippen LogP contribution in [0.25, 0.3) is 22.2 Å². The van der Waals surface area contributed by atoms with E-state index in [0.717, 1.165) is 16.5 Å². The molecule has 0 bridgehead atoms. The lowest BCUT2D eigenvalue weighted by atomic mass is 10.0. The summed E-state index contributed by atoms with van der Waals surface area (Å²) in [5.41, 5.74) is 2.64. The number of rotatable bonds is 8. The zero-order valence-electron chi connectivity index (χ0n) is 18.2. The SMILES string of the molecule is O=C(NCCCNC(=O)c1cc(-c2ccccc2)nc2ccccc12)c1ccccc1[N+](=O)[O-]. The minimum absolute atomic E-state index is 0.00762. The number of nitro benzene ring substituents is 1. The van der Waals surface area contributed by atoms with E-state index in [9.17, 15) is 19.7 Å². The summed E-state index contributed by atoms with van der Waals surface area (Å²) in [5.74, 6) is -0.757. The fourth-order valence-corrected chi connectivity index (χ4v) is 3.63. The van der Waals surface area contributed by atoms with E-state index in [1.54, 1.807) is 12.1 Å². The summed E-state index contributed by atoms with van der Waals surface area (Å²) in [6.07, 6.45) is 0.465. The van der Waals surface area contributed by atoms with Gasteiger partial charge in [-0.2, -0.15) is 0 Å². The largest absolute Gasteiger partial charge is 0.352 e. The van der Waals surface area contributed by atoms with Crippen molar-refractivity contribution in [1.29, 1.82) is 0 Å². The quantitative estimate of drug-likeness (QED) is 0.233. The Labute approximate surface area is 195 Å². The van der Waals surface area contributed by atoms with Crippen molar-refractivity contribution < 1.29 is 14.5 Å². The number of carbonyl (C=O) groups is 2. The fourth-order valence-electron chi connectivity index (χ4n) is 3.63. The van der Waals surface area contributed by atoms with Crippen LogP contribution >= 0.6 is 0 Å². The molecule has 4 rings (SSSR count). The van der Waals surface area contributed by atoms with Crippen molar-refractivity contribution in [3.05, 3.63) is 106 Å². The standard InChI is InChI=1S/C26H22N4O4/c31-25(20-12-5-7-14-24(20)30(33)34)27-15-8-16-28-26(32)21-17-23(18-9-2-1-3-10-18)29-22-13-6-4-11-19(21)22/h1-7,9-14,17H,8,15-16H2,(H,27,31)(H,28,32). The topological polar surface area (TPSA) is 114 Å². The zero-order valence-corrected chi connectivity index (χ0v) is 18.2. The second kappa shape index (κ2) is 10.4. The molecule has 8 nitrogen and oxygen atoms in total. The molecule has 1 heterocycles. The molecule has 0 radical (unpaired) electrons. The lowest BCUT2D eigenvalue weighted by molar-refractivity contribution is -0.385. The Bertz CT molecular complexity index is 1360. The Morgan fingerprint density at radius 2 is 1.41 bits per heavy atom. The zero-order chi connectivity index (χ0) is 23.9. The molecule has 1 aromatic heterocycles. The van der Waals surface area contributed by atoms with Crippen LogP contribution in [0.2, 0.25) is 0 Å². The molecular weight excluding hydrogens is 432 g/mol. The number of benzene rings is 3. The average molecular weight is 454 g/mol. The highest BCUT2D eigenvalue weighted by Crippen LogP contribution is 2.24. The maximum Gasteiger partial charge on any atom is 0.282 e. The van der Waals surface area contributed by atoms with Gasteiger partial charge in [0.05, 0.1) is 21.7 Å². The first-order chi connectivity index (χ1) is 16.5. The molecule has 0 saturated carbocycles. The van der Waals surface area contributed by atoms with Gasteiger partial charge in [-0.15, -0.1) is 0 Å². The van der Waals surface area contributed by atoms with Gasteiger partial charge < -0.3 is 10.6 Å². The molecule has 0 spiro atoms. The molecule has 0 unspecified atom stereocenters. The molecule has 170 valence electrons. The summed E-state index contributed by atoms with van der Waals surface area (Å²) in [5, 5.41) is 17.4. The summed E-state index contributed by atoms with van der Waals surface area (Å²) in [4.78, 5) is 40.5. The number of nitro groups is 1. The van der Waals surface area contributed by atoms with Crippen LogP contribution in [0.3, 0.4) is 0 Å². The minimum atomic E-state index is -0.585. The number of hydrogen-bond donors (Lipinski definition) is 2. The smallest absolute Gasteiger partial charge is 0.282 e. The van der Waals surface area contributed by atoms with Crippen LogP contribution in [-0.4, -0.2) is 34.8 Å². The highest BCUT2D eigenvalue weighted by molar-refractivity contribution is 6.07. The highest BCUT2D eigenvalue weighted by Gasteiger charge is 2.18. The number of aromatic nitrogens is 1. The van der Waals surface area contributed by atoms with E-state index in [-0.39, 0.29) is 23.7 Å². The van der Waals surface area contributed by atoms with Gasteiger partial charge in [0.25, 0.3) is 17.5 Å². The normalized spacial score (nSPS) is 10.6. The number of amides is 2.